The molecule has 2 heterocycles. The van der Waals surface area contributed by atoms with E-state index in [-0.39, 0.29) is 5.71 Å². The van der Waals surface area contributed by atoms with Gasteiger partial charge in [0.2, 0.25) is 0 Å². The molecule has 3 unspecified atom stereocenters. The van der Waals surface area contributed by atoms with Crippen molar-refractivity contribution in [2.45, 2.75) is 18.3 Å². The van der Waals surface area contributed by atoms with Gasteiger partial charge in [-0.15, -0.1) is 0 Å². The lowest BCUT2D eigenvalue weighted by atomic mass is 10.0. The van der Waals surface area contributed by atoms with E-state index in [0.717, 1.165) is 15.2 Å². The Hall–Kier alpha value is -3.14. The van der Waals surface area contributed by atoms with E-state index in [9.17, 15) is 20.4 Å². The minimum Gasteiger partial charge on any atom is -0.394 e. The molecule has 186 valence electrons. The summed E-state index contributed by atoms with van der Waals surface area (Å²) >= 11 is 6.81. The minimum atomic E-state index is -1.74. The number of hydrogen-bond acceptors (Lipinski definition) is 12. The van der Waals surface area contributed by atoms with Crippen LogP contribution in [0.5, 0.6) is 0 Å². The maximum absolute atomic E-state index is 10.6. The van der Waals surface area contributed by atoms with Crippen molar-refractivity contribution in [2.24, 2.45) is 10.2 Å². The molecular formula is C22H20Br2N8O4. The van der Waals surface area contributed by atoms with Crippen molar-refractivity contribution in [3.05, 3.63) is 58.0 Å². The monoisotopic (exact) mass is 618 g/mol. The Morgan fingerprint density at radius 2 is 1.42 bits per heavy atom. The van der Waals surface area contributed by atoms with E-state index >= 15 is 0 Å². The average Bonchev–Trinajstić information content (AvgIpc) is 2.89. The molecule has 3 atom stereocenters. The van der Waals surface area contributed by atoms with Crippen molar-refractivity contribution in [2.75, 3.05) is 17.5 Å². The highest BCUT2D eigenvalue weighted by Gasteiger charge is 2.28. The molecule has 2 aromatic carbocycles. The van der Waals surface area contributed by atoms with Crippen LogP contribution in [-0.4, -0.2) is 77.2 Å². The van der Waals surface area contributed by atoms with Gasteiger partial charge in [-0.25, -0.2) is 19.9 Å². The molecule has 0 aliphatic carbocycles. The van der Waals surface area contributed by atoms with Gasteiger partial charge in [0.25, 0.3) is 0 Å². The largest absolute Gasteiger partial charge is 0.394 e. The number of hydrogen-bond donors (Lipinski definition) is 6. The summed E-state index contributed by atoms with van der Waals surface area (Å²) in [5.74, 6) is 0.720. The van der Waals surface area contributed by atoms with Gasteiger partial charge in [0.05, 0.1) is 23.9 Å². The highest BCUT2D eigenvalue weighted by molar-refractivity contribution is 9.10. The number of nitrogens with zero attached hydrogens (tertiary/aromatic N) is 6. The summed E-state index contributed by atoms with van der Waals surface area (Å²) < 4.78 is 1.62. The number of nitrogens with one attached hydrogen (secondary N) is 2. The van der Waals surface area contributed by atoms with Crippen LogP contribution in [0.3, 0.4) is 0 Å². The van der Waals surface area contributed by atoms with E-state index < -0.39 is 24.9 Å². The molecule has 0 saturated heterocycles. The van der Waals surface area contributed by atoms with Crippen molar-refractivity contribution in [1.29, 1.82) is 0 Å². The first-order valence-electron chi connectivity index (χ1n) is 10.5. The summed E-state index contributed by atoms with van der Waals surface area (Å²) in [7, 11) is 0. The lowest BCUT2D eigenvalue weighted by Gasteiger charge is -2.21. The van der Waals surface area contributed by atoms with Gasteiger partial charge >= 0.3 is 0 Å². The zero-order valence-electron chi connectivity index (χ0n) is 18.4. The van der Waals surface area contributed by atoms with Crippen molar-refractivity contribution in [3.63, 3.8) is 0 Å². The maximum atomic E-state index is 10.6. The number of anilines is 2. The first kappa shape index (κ1) is 25.9. The first-order valence-corrected chi connectivity index (χ1v) is 12.0. The summed E-state index contributed by atoms with van der Waals surface area (Å²) in [5.41, 5.74) is 6.69. The molecule has 0 aliphatic rings. The molecule has 4 rings (SSSR count). The molecule has 0 aliphatic heterocycles. The normalized spacial score (nSPS) is 14.8. The standard InChI is InChI=1S/C22H20Br2N8O4/c23-11-1-3-15-13(5-11)21(27-9-25-15)31-29-7-17(19(35)20(36)18(34)8-33)30-32-22-14-6-12(24)2-4-16(14)26-10-28-22/h1-7,9-10,18-20,33-36H,8H2,(H,25,27,31)(H,26,28,32)/b29-7-,30-17+. The molecule has 0 saturated carbocycles. The van der Waals surface area contributed by atoms with Crippen LogP contribution in [0.25, 0.3) is 21.8 Å². The summed E-state index contributed by atoms with van der Waals surface area (Å²) in [6.45, 7) is -0.763. The van der Waals surface area contributed by atoms with E-state index in [1.165, 1.54) is 12.7 Å². The average molecular weight is 620 g/mol. The fourth-order valence-corrected chi connectivity index (χ4v) is 3.90. The van der Waals surface area contributed by atoms with Crippen LogP contribution in [-0.2, 0) is 0 Å². The van der Waals surface area contributed by atoms with Crippen molar-refractivity contribution in [3.8, 4) is 0 Å². The molecule has 0 amide bonds. The Kier molecular flexibility index (Phi) is 8.45. The van der Waals surface area contributed by atoms with Gasteiger partial charge in [0.1, 0.15) is 36.7 Å². The highest BCUT2D eigenvalue weighted by Crippen LogP contribution is 2.24. The maximum Gasteiger partial charge on any atom is 0.157 e. The van der Waals surface area contributed by atoms with Gasteiger partial charge in [0, 0.05) is 19.7 Å². The molecular weight excluding hydrogens is 600 g/mol. The summed E-state index contributed by atoms with van der Waals surface area (Å²) in [5, 5.41) is 49.4. The molecule has 2 aromatic heterocycles. The predicted octanol–water partition coefficient (Wildman–Crippen LogP) is 2.04. The molecule has 4 aromatic rings. The molecule has 36 heavy (non-hydrogen) atoms. The number of halogens is 2. The van der Waals surface area contributed by atoms with E-state index in [4.69, 9.17) is 0 Å². The van der Waals surface area contributed by atoms with Crippen LogP contribution in [0.15, 0.2) is 68.2 Å². The van der Waals surface area contributed by atoms with Crippen molar-refractivity contribution >= 4 is 77.2 Å². The van der Waals surface area contributed by atoms with Crippen LogP contribution in [0, 0.1) is 0 Å². The van der Waals surface area contributed by atoms with Gasteiger partial charge < -0.3 is 20.4 Å². The summed E-state index contributed by atoms with van der Waals surface area (Å²) in [6.07, 6.45) is -1.18. The van der Waals surface area contributed by atoms with Gasteiger partial charge in [0.15, 0.2) is 11.6 Å². The lowest BCUT2D eigenvalue weighted by Crippen LogP contribution is -2.44. The van der Waals surface area contributed by atoms with E-state index in [0.29, 0.717) is 33.4 Å². The second-order valence-electron chi connectivity index (χ2n) is 7.47. The molecule has 6 N–H and O–H groups in total. The molecule has 0 fully saturated rings. The fraction of sp³-hybridized carbons (Fsp3) is 0.182. The SMILES string of the molecule is OCC(O)C(O)C(O)C(/C=N\Nc1ncnc2ccc(Br)cc12)=N/Nc1ncnc2ccc(Br)cc12. The quantitative estimate of drug-likeness (QED) is 0.120. The van der Waals surface area contributed by atoms with Gasteiger partial charge in [-0.1, -0.05) is 31.9 Å². The number of fused-ring (bicyclic) bond motifs is 2. The Balaban J connectivity index is 1.64. The Labute approximate surface area is 221 Å². The second-order valence-corrected chi connectivity index (χ2v) is 9.30. The highest BCUT2D eigenvalue weighted by atomic mass is 79.9. The van der Waals surface area contributed by atoms with Crippen LogP contribution in [0.1, 0.15) is 0 Å². The van der Waals surface area contributed by atoms with E-state index in [1.54, 1.807) is 12.1 Å². The van der Waals surface area contributed by atoms with Gasteiger partial charge in [-0.3, -0.25) is 10.9 Å². The van der Waals surface area contributed by atoms with Crippen LogP contribution >= 0.6 is 31.9 Å². The molecule has 14 heteroatoms. The molecule has 0 bridgehead atoms. The van der Waals surface area contributed by atoms with Crippen molar-refractivity contribution in [1.82, 2.24) is 19.9 Å². The number of hydrazone groups is 2. The Morgan fingerprint density at radius 3 is 1.97 bits per heavy atom. The zero-order valence-corrected chi connectivity index (χ0v) is 21.5. The molecule has 12 nitrogen and oxygen atoms in total. The van der Waals surface area contributed by atoms with Gasteiger partial charge in [-0.2, -0.15) is 10.2 Å². The van der Waals surface area contributed by atoms with Crippen molar-refractivity contribution < 1.29 is 20.4 Å². The number of aromatic nitrogens is 4. The Bertz CT molecular complexity index is 1440. The molecule has 0 spiro atoms. The van der Waals surface area contributed by atoms with Gasteiger partial charge in [-0.05, 0) is 36.4 Å². The number of rotatable bonds is 9. The zero-order chi connectivity index (χ0) is 25.7. The second kappa shape index (κ2) is 11.7. The number of aliphatic hydroxyl groups excluding tert-OH is 4. The van der Waals surface area contributed by atoms with E-state index in [1.807, 2.05) is 24.3 Å². The van der Waals surface area contributed by atoms with E-state index in [2.05, 4.69) is 72.9 Å². The predicted molar refractivity (Wildman–Crippen MR) is 143 cm³/mol. The van der Waals surface area contributed by atoms with Crippen LogP contribution in [0.2, 0.25) is 0 Å². The lowest BCUT2D eigenvalue weighted by molar-refractivity contribution is -0.0548. The third-order valence-corrected chi connectivity index (χ3v) is 6.05. The minimum absolute atomic E-state index is 0.163. The number of aliphatic hydroxyl groups is 4. The topological polar surface area (TPSA) is 181 Å². The van der Waals surface area contributed by atoms with Crippen LogP contribution in [0.4, 0.5) is 11.6 Å². The number of benzene rings is 2. The third kappa shape index (κ3) is 5.98. The van der Waals surface area contributed by atoms with Crippen LogP contribution < -0.4 is 10.9 Å². The summed E-state index contributed by atoms with van der Waals surface area (Å²) in [4.78, 5) is 16.8. The molecule has 0 radical (unpaired) electrons. The fourth-order valence-electron chi connectivity index (χ4n) is 3.18. The smallest absolute Gasteiger partial charge is 0.157 e. The third-order valence-electron chi connectivity index (χ3n) is 5.06. The Morgan fingerprint density at radius 1 is 0.861 bits per heavy atom. The first-order chi connectivity index (χ1) is 17.4. The summed E-state index contributed by atoms with van der Waals surface area (Å²) in [6, 6.07) is 10.9.